The number of carboxylic acids is 2. The number of thioether (sulfide) groups is 1. The van der Waals surface area contributed by atoms with Gasteiger partial charge in [0.15, 0.2) is 0 Å². The van der Waals surface area contributed by atoms with Crippen molar-refractivity contribution < 1.29 is 19.8 Å². The van der Waals surface area contributed by atoms with Gasteiger partial charge in [-0.05, 0) is 25.0 Å². The molecule has 2 N–H and O–H groups in total. The molecule has 0 saturated heterocycles. The number of carbonyl (C=O) groups is 2. The van der Waals surface area contributed by atoms with Crippen LogP contribution in [-0.4, -0.2) is 27.4 Å². The Balaban J connectivity index is 3.03. The molecule has 1 aromatic rings. The first-order valence-electron chi connectivity index (χ1n) is 4.62. The van der Waals surface area contributed by atoms with Crippen LogP contribution in [0.5, 0.6) is 0 Å². The van der Waals surface area contributed by atoms with Gasteiger partial charge < -0.3 is 10.2 Å². The lowest BCUT2D eigenvalue weighted by atomic mass is 10.2. The molecule has 0 aliphatic rings. The van der Waals surface area contributed by atoms with Crippen LogP contribution in [0.15, 0.2) is 23.1 Å². The Kier molecular flexibility index (Phi) is 3.95. The summed E-state index contributed by atoms with van der Waals surface area (Å²) < 4.78 is 0. The fourth-order valence-electron chi connectivity index (χ4n) is 1.31. The topological polar surface area (TPSA) is 74.6 Å². The molecule has 0 aliphatic heterocycles. The SMILES string of the molecule is Cc1cccc(C)c1SC(C(=O)O)C(=O)O. The van der Waals surface area contributed by atoms with Crippen LogP contribution in [0.1, 0.15) is 11.1 Å². The number of hydrogen-bond acceptors (Lipinski definition) is 3. The summed E-state index contributed by atoms with van der Waals surface area (Å²) in [6.45, 7) is 3.66. The molecule has 4 nitrogen and oxygen atoms in total. The lowest BCUT2D eigenvalue weighted by molar-refractivity contribution is -0.146. The monoisotopic (exact) mass is 240 g/mol. The normalized spacial score (nSPS) is 10.4. The first kappa shape index (κ1) is 12.6. The molecule has 5 heteroatoms. The Morgan fingerprint density at radius 3 is 1.94 bits per heavy atom. The number of rotatable bonds is 4. The fraction of sp³-hybridized carbons (Fsp3) is 0.273. The maximum absolute atomic E-state index is 10.8. The zero-order valence-corrected chi connectivity index (χ0v) is 9.75. The maximum Gasteiger partial charge on any atom is 0.328 e. The van der Waals surface area contributed by atoms with Crippen LogP contribution < -0.4 is 0 Å². The highest BCUT2D eigenvalue weighted by atomic mass is 32.2. The summed E-state index contributed by atoms with van der Waals surface area (Å²) in [5.74, 6) is -2.67. The molecular weight excluding hydrogens is 228 g/mol. The average Bonchev–Trinajstić information content (AvgIpc) is 2.15. The highest BCUT2D eigenvalue weighted by molar-refractivity contribution is 8.01. The molecule has 0 amide bonds. The van der Waals surface area contributed by atoms with Gasteiger partial charge in [-0.15, -0.1) is 0 Å². The molecule has 0 unspecified atom stereocenters. The molecule has 0 fully saturated rings. The molecule has 86 valence electrons. The van der Waals surface area contributed by atoms with Crippen LogP contribution in [0.25, 0.3) is 0 Å². The zero-order valence-electron chi connectivity index (χ0n) is 8.93. The van der Waals surface area contributed by atoms with E-state index in [0.29, 0.717) is 0 Å². The average molecular weight is 240 g/mol. The fourth-order valence-corrected chi connectivity index (χ4v) is 2.25. The van der Waals surface area contributed by atoms with E-state index in [1.54, 1.807) is 0 Å². The van der Waals surface area contributed by atoms with E-state index in [0.717, 1.165) is 27.8 Å². The summed E-state index contributed by atoms with van der Waals surface area (Å²) >= 11 is 0.859. The Bertz CT molecular complexity index is 394. The summed E-state index contributed by atoms with van der Waals surface area (Å²) in [6.07, 6.45) is 0. The highest BCUT2D eigenvalue weighted by Crippen LogP contribution is 2.30. The van der Waals surface area contributed by atoms with Gasteiger partial charge in [-0.1, -0.05) is 30.0 Å². The van der Waals surface area contributed by atoms with Gasteiger partial charge >= 0.3 is 11.9 Å². The Hall–Kier alpha value is -1.49. The predicted octanol–water partition coefficient (Wildman–Crippen LogP) is 1.93. The van der Waals surface area contributed by atoms with Gasteiger partial charge in [0.2, 0.25) is 5.25 Å². The Morgan fingerprint density at radius 2 is 1.56 bits per heavy atom. The maximum atomic E-state index is 10.8. The molecule has 0 saturated carbocycles. The van der Waals surface area contributed by atoms with E-state index in [2.05, 4.69) is 0 Å². The highest BCUT2D eigenvalue weighted by Gasteiger charge is 2.27. The van der Waals surface area contributed by atoms with Gasteiger partial charge in [0.1, 0.15) is 0 Å². The first-order chi connectivity index (χ1) is 7.43. The number of carboxylic acid groups (broad SMARTS) is 2. The quantitative estimate of drug-likeness (QED) is 0.621. The van der Waals surface area contributed by atoms with E-state index < -0.39 is 17.2 Å². The third-order valence-electron chi connectivity index (χ3n) is 2.09. The van der Waals surface area contributed by atoms with Crippen LogP contribution in [0.2, 0.25) is 0 Å². The largest absolute Gasteiger partial charge is 0.480 e. The standard InChI is InChI=1S/C11H12O4S/c1-6-4-3-5-7(2)8(6)16-9(10(12)13)11(14)15/h3-5,9H,1-2H3,(H,12,13)(H,14,15). The summed E-state index contributed by atoms with van der Waals surface area (Å²) in [5, 5.41) is 16.1. The molecular formula is C11H12O4S. The van der Waals surface area contributed by atoms with Crippen LogP contribution in [-0.2, 0) is 9.59 Å². The second kappa shape index (κ2) is 5.03. The van der Waals surface area contributed by atoms with Crippen LogP contribution in [0, 0.1) is 13.8 Å². The molecule has 0 spiro atoms. The van der Waals surface area contributed by atoms with E-state index >= 15 is 0 Å². The van der Waals surface area contributed by atoms with E-state index in [1.165, 1.54) is 0 Å². The molecule has 0 aliphatic carbocycles. The molecule has 0 radical (unpaired) electrons. The van der Waals surface area contributed by atoms with Crippen molar-refractivity contribution in [1.82, 2.24) is 0 Å². The van der Waals surface area contributed by atoms with E-state index in [1.807, 2.05) is 32.0 Å². The van der Waals surface area contributed by atoms with E-state index in [-0.39, 0.29) is 0 Å². The summed E-state index contributed by atoms with van der Waals surface area (Å²) in [6, 6.07) is 5.51. The minimum absolute atomic E-state index is 0.720. The van der Waals surface area contributed by atoms with Gasteiger partial charge in [0, 0.05) is 4.90 Å². The molecule has 0 aromatic heterocycles. The molecule has 1 aromatic carbocycles. The van der Waals surface area contributed by atoms with Crippen molar-refractivity contribution in [3.63, 3.8) is 0 Å². The number of aliphatic carboxylic acids is 2. The lowest BCUT2D eigenvalue weighted by Crippen LogP contribution is -2.26. The predicted molar refractivity (Wildman–Crippen MR) is 60.8 cm³/mol. The van der Waals surface area contributed by atoms with E-state index in [9.17, 15) is 9.59 Å². The third-order valence-corrected chi connectivity index (χ3v) is 3.61. The summed E-state index contributed by atoms with van der Waals surface area (Å²) in [4.78, 5) is 22.3. The molecule has 0 bridgehead atoms. The number of hydrogen-bond donors (Lipinski definition) is 2. The van der Waals surface area contributed by atoms with Gasteiger partial charge in [-0.2, -0.15) is 0 Å². The third kappa shape index (κ3) is 2.76. The van der Waals surface area contributed by atoms with Crippen molar-refractivity contribution >= 4 is 23.7 Å². The Morgan fingerprint density at radius 1 is 1.12 bits per heavy atom. The van der Waals surface area contributed by atoms with Crippen molar-refractivity contribution in [2.75, 3.05) is 0 Å². The van der Waals surface area contributed by atoms with Gasteiger partial charge in [-0.25, -0.2) is 0 Å². The second-order valence-electron chi connectivity index (χ2n) is 3.40. The van der Waals surface area contributed by atoms with Gasteiger partial charge in [0.05, 0.1) is 0 Å². The van der Waals surface area contributed by atoms with Crippen LogP contribution in [0.3, 0.4) is 0 Å². The summed E-state index contributed by atoms with van der Waals surface area (Å²) in [7, 11) is 0. The minimum Gasteiger partial charge on any atom is -0.480 e. The smallest absolute Gasteiger partial charge is 0.328 e. The summed E-state index contributed by atoms with van der Waals surface area (Å²) in [5.41, 5.74) is 1.77. The van der Waals surface area contributed by atoms with Crippen LogP contribution in [0.4, 0.5) is 0 Å². The van der Waals surface area contributed by atoms with Crippen molar-refractivity contribution in [3.05, 3.63) is 29.3 Å². The Labute approximate surface area is 97.3 Å². The lowest BCUT2D eigenvalue weighted by Gasteiger charge is -2.11. The molecule has 1 rings (SSSR count). The van der Waals surface area contributed by atoms with Gasteiger partial charge in [-0.3, -0.25) is 9.59 Å². The van der Waals surface area contributed by atoms with Gasteiger partial charge in [0.25, 0.3) is 0 Å². The van der Waals surface area contributed by atoms with Crippen molar-refractivity contribution in [2.24, 2.45) is 0 Å². The molecule has 0 heterocycles. The van der Waals surface area contributed by atoms with Crippen molar-refractivity contribution in [2.45, 2.75) is 24.0 Å². The van der Waals surface area contributed by atoms with Crippen molar-refractivity contribution in [1.29, 1.82) is 0 Å². The zero-order chi connectivity index (χ0) is 12.3. The van der Waals surface area contributed by atoms with E-state index in [4.69, 9.17) is 10.2 Å². The number of benzene rings is 1. The van der Waals surface area contributed by atoms with Crippen LogP contribution >= 0.6 is 11.8 Å². The first-order valence-corrected chi connectivity index (χ1v) is 5.50. The second-order valence-corrected chi connectivity index (χ2v) is 4.51. The van der Waals surface area contributed by atoms with Crippen molar-refractivity contribution in [3.8, 4) is 0 Å². The number of aryl methyl sites for hydroxylation is 2. The molecule has 0 atom stereocenters. The molecule has 16 heavy (non-hydrogen) atoms. The minimum atomic E-state index is -1.46.